The van der Waals surface area contributed by atoms with E-state index in [0.29, 0.717) is 66.0 Å². The summed E-state index contributed by atoms with van der Waals surface area (Å²) in [5.74, 6) is -3.41. The predicted molar refractivity (Wildman–Crippen MR) is 229 cm³/mol. The molecular weight excluding hydrogens is 802 g/mol. The van der Waals surface area contributed by atoms with Gasteiger partial charge in [0.1, 0.15) is 0 Å². The zero-order chi connectivity index (χ0) is 43.0. The Morgan fingerprint density at radius 1 is 0.952 bits per heavy atom. The smallest absolute Gasteiger partial charge is 0.301 e. The second kappa shape index (κ2) is 15.6. The molecule has 4 atom stereocenters. The van der Waals surface area contributed by atoms with Gasteiger partial charge >= 0.3 is 5.92 Å². The zero-order valence-electron chi connectivity index (χ0n) is 35.1. The van der Waals surface area contributed by atoms with Gasteiger partial charge in [0.2, 0.25) is 23.5 Å². The largest absolute Gasteiger partial charge is 0.480 e. The molecule has 0 bridgehead atoms. The standard InChI is InChI=1S/C45H51F3N10O4/c1-24-21-58(17-14-28(24)22-57-15-12-25(13-16-57)27-6-8-30-35(18-27)56(3)54-37(30)31-9-11-36(59)51-42(31)60)44-49-20-33(46)41(53-44)50-29-7-10-34-32(19-29)38-39(43(61)55(34)2)62-23-45(47,48)40(52-38)26-4-5-26/h6-8,10,18-20,24-26,28,31,40,52H,4-5,9,11-17,21-23H2,1-3H3,(H,49,50,53)(H,51,59,60)/t24-,28-,31?,40+/m1/s1. The first-order valence-electron chi connectivity index (χ1n) is 21.8. The van der Waals surface area contributed by atoms with Crippen molar-refractivity contribution in [3.05, 3.63) is 70.0 Å². The van der Waals surface area contributed by atoms with Crippen molar-refractivity contribution in [2.24, 2.45) is 31.8 Å². The molecule has 5 aromatic rings. The minimum Gasteiger partial charge on any atom is -0.480 e. The fraction of sp³-hybridized carbons (Fsp3) is 0.511. The van der Waals surface area contributed by atoms with E-state index in [1.807, 2.05) is 11.7 Å². The van der Waals surface area contributed by atoms with E-state index in [1.165, 1.54) is 16.3 Å². The molecule has 7 heterocycles. The monoisotopic (exact) mass is 852 g/mol. The summed E-state index contributed by atoms with van der Waals surface area (Å²) in [7, 11) is 3.48. The highest BCUT2D eigenvalue weighted by Crippen LogP contribution is 2.46. The van der Waals surface area contributed by atoms with Gasteiger partial charge in [-0.25, -0.2) is 18.2 Å². The normalized spacial score (nSPS) is 24.6. The van der Waals surface area contributed by atoms with E-state index in [1.54, 1.807) is 25.2 Å². The molecule has 62 heavy (non-hydrogen) atoms. The molecule has 1 aliphatic carbocycles. The predicted octanol–water partition coefficient (Wildman–Crippen LogP) is 6.18. The number of hydrogen-bond acceptors (Lipinski definition) is 11. The van der Waals surface area contributed by atoms with Gasteiger partial charge in [-0.15, -0.1) is 0 Å². The maximum atomic E-state index is 15.3. The molecule has 3 saturated heterocycles. The van der Waals surface area contributed by atoms with Crippen LogP contribution in [0, 0.1) is 23.6 Å². The second-order valence-corrected chi connectivity index (χ2v) is 18.1. The van der Waals surface area contributed by atoms with Crippen LogP contribution in [-0.4, -0.2) is 92.3 Å². The maximum absolute atomic E-state index is 15.3. The van der Waals surface area contributed by atoms with E-state index in [-0.39, 0.29) is 35.0 Å². The lowest BCUT2D eigenvalue weighted by Crippen LogP contribution is -2.45. The van der Waals surface area contributed by atoms with Gasteiger partial charge in [0.25, 0.3) is 5.56 Å². The Morgan fingerprint density at radius 2 is 1.76 bits per heavy atom. The number of imide groups is 1. The first-order valence-corrected chi connectivity index (χ1v) is 21.8. The van der Waals surface area contributed by atoms with Crippen molar-refractivity contribution in [3.63, 3.8) is 0 Å². The molecule has 3 aromatic heterocycles. The van der Waals surface area contributed by atoms with E-state index < -0.39 is 35.9 Å². The number of pyridine rings is 1. The molecule has 5 aliphatic rings. The average Bonchev–Trinajstić information content (AvgIpc) is 4.06. The number of benzene rings is 2. The molecule has 1 saturated carbocycles. The Labute approximate surface area is 356 Å². The van der Waals surface area contributed by atoms with E-state index in [0.717, 1.165) is 68.6 Å². The topological polar surface area (TPSA) is 152 Å². The van der Waals surface area contributed by atoms with Gasteiger partial charge in [0.05, 0.1) is 40.6 Å². The van der Waals surface area contributed by atoms with Crippen molar-refractivity contribution in [1.82, 2.24) is 34.5 Å². The Hall–Kier alpha value is -5.71. The third-order valence-electron chi connectivity index (χ3n) is 14.0. The van der Waals surface area contributed by atoms with Gasteiger partial charge in [-0.1, -0.05) is 19.1 Å². The number of piperidine rings is 3. The molecule has 2 aromatic carbocycles. The first-order chi connectivity index (χ1) is 29.8. The van der Waals surface area contributed by atoms with Gasteiger partial charge in [0.15, 0.2) is 18.2 Å². The third kappa shape index (κ3) is 7.41. The van der Waals surface area contributed by atoms with Crippen molar-refractivity contribution in [2.45, 2.75) is 75.7 Å². The van der Waals surface area contributed by atoms with Crippen LogP contribution in [0.15, 0.2) is 47.4 Å². The average molecular weight is 853 g/mol. The highest BCUT2D eigenvalue weighted by Gasteiger charge is 2.51. The molecule has 14 nitrogen and oxygen atoms in total. The molecule has 4 fully saturated rings. The number of anilines is 4. The molecule has 10 rings (SSSR count). The van der Waals surface area contributed by atoms with Crippen molar-refractivity contribution in [3.8, 4) is 5.75 Å². The van der Waals surface area contributed by atoms with E-state index in [9.17, 15) is 14.4 Å². The Balaban J connectivity index is 0.777. The van der Waals surface area contributed by atoms with Crippen LogP contribution in [-0.2, 0) is 23.7 Å². The zero-order valence-corrected chi connectivity index (χ0v) is 35.1. The van der Waals surface area contributed by atoms with Gasteiger partial charge in [-0.05, 0) is 105 Å². The van der Waals surface area contributed by atoms with Crippen LogP contribution >= 0.6 is 0 Å². The van der Waals surface area contributed by atoms with E-state index in [2.05, 4.69) is 60.8 Å². The first kappa shape index (κ1) is 40.4. The fourth-order valence-electron chi connectivity index (χ4n) is 10.2. The molecule has 4 aliphatic heterocycles. The summed E-state index contributed by atoms with van der Waals surface area (Å²) < 4.78 is 54.4. The summed E-state index contributed by atoms with van der Waals surface area (Å²) in [6.45, 7) is 5.84. The number of hydrogen-bond donors (Lipinski definition) is 3. The molecule has 0 radical (unpaired) electrons. The quantitative estimate of drug-likeness (QED) is 0.154. The number of aromatic nitrogens is 5. The highest BCUT2D eigenvalue weighted by atomic mass is 19.3. The molecule has 3 N–H and O–H groups in total. The van der Waals surface area contributed by atoms with Crippen LogP contribution in [0.1, 0.15) is 75.0 Å². The molecule has 17 heteroatoms. The fourth-order valence-corrected chi connectivity index (χ4v) is 10.2. The lowest BCUT2D eigenvalue weighted by molar-refractivity contribution is -0.134. The number of alkyl halides is 2. The molecule has 1 unspecified atom stereocenters. The minimum atomic E-state index is -3.16. The number of halogens is 3. The number of rotatable bonds is 8. The second-order valence-electron chi connectivity index (χ2n) is 18.1. The van der Waals surface area contributed by atoms with Crippen molar-refractivity contribution in [2.75, 3.05) is 54.9 Å². The minimum absolute atomic E-state index is 0.00759. The Kier molecular flexibility index (Phi) is 10.1. The van der Waals surface area contributed by atoms with E-state index >= 15 is 13.2 Å². The van der Waals surface area contributed by atoms with Gasteiger partial charge in [0, 0.05) is 56.6 Å². The van der Waals surface area contributed by atoms with Crippen molar-refractivity contribution < 1.29 is 27.5 Å². The summed E-state index contributed by atoms with van der Waals surface area (Å²) in [4.78, 5) is 51.2. The molecular formula is C45H51F3N10O4. The van der Waals surface area contributed by atoms with Crippen LogP contribution in [0.4, 0.5) is 36.3 Å². The number of fused-ring (bicyclic) bond motifs is 4. The van der Waals surface area contributed by atoms with Crippen LogP contribution < -0.4 is 31.1 Å². The summed E-state index contributed by atoms with van der Waals surface area (Å²) in [6, 6.07) is 10.4. The molecule has 2 amide bonds. The van der Waals surface area contributed by atoms with Crippen molar-refractivity contribution in [1.29, 1.82) is 0 Å². The van der Waals surface area contributed by atoms with Crippen LogP contribution in [0.5, 0.6) is 5.75 Å². The van der Waals surface area contributed by atoms with Gasteiger partial charge in [-0.3, -0.25) is 24.4 Å². The highest BCUT2D eigenvalue weighted by molar-refractivity contribution is 6.02. The number of ether oxygens (including phenoxy) is 1. The Bertz CT molecular complexity index is 2660. The van der Waals surface area contributed by atoms with Gasteiger partial charge in [-0.2, -0.15) is 10.1 Å². The molecule has 326 valence electrons. The van der Waals surface area contributed by atoms with Gasteiger partial charge < -0.3 is 29.7 Å². The SMILES string of the molecule is C[C@@H]1CN(c2ncc(F)c(Nc3ccc4c(c3)c3c(c(=O)n4C)OCC(F)(F)[C@H](C4CC4)N3)n2)CC[C@@H]1CN1CCC(c2ccc3c(C4CCC(=O)NC4=O)nn(C)c3c2)CC1. The van der Waals surface area contributed by atoms with Crippen LogP contribution in [0.25, 0.3) is 21.8 Å². The number of nitrogens with zero attached hydrogens (tertiary/aromatic N) is 7. The summed E-state index contributed by atoms with van der Waals surface area (Å²) in [6.07, 6.45) is 6.36. The number of likely N-dealkylation sites (tertiary alicyclic amines) is 1. The van der Waals surface area contributed by atoms with E-state index in [4.69, 9.17) is 9.84 Å². The third-order valence-corrected chi connectivity index (χ3v) is 14.0. The lowest BCUT2D eigenvalue weighted by atomic mass is 9.84. The number of aryl methyl sites for hydroxylation is 2. The van der Waals surface area contributed by atoms with Crippen LogP contribution in [0.3, 0.4) is 0 Å². The summed E-state index contributed by atoms with van der Waals surface area (Å²) in [5.41, 5.74) is 3.72. The van der Waals surface area contributed by atoms with Crippen molar-refractivity contribution >= 4 is 56.8 Å². The number of carbonyl (C=O) groups is 2. The number of nitrogens with one attached hydrogen (secondary N) is 3. The number of amides is 2. The lowest BCUT2D eigenvalue weighted by Gasteiger charge is -2.41. The van der Waals surface area contributed by atoms with Crippen LogP contribution in [0.2, 0.25) is 0 Å². The summed E-state index contributed by atoms with van der Waals surface area (Å²) in [5, 5.41) is 14.7. The maximum Gasteiger partial charge on any atom is 0.301 e. The summed E-state index contributed by atoms with van der Waals surface area (Å²) >= 11 is 0. The number of carbonyl (C=O) groups excluding carboxylic acids is 2. The molecule has 0 spiro atoms. The Morgan fingerprint density at radius 3 is 2.52 bits per heavy atom.